The first-order valence-electron chi connectivity index (χ1n) is 3.59. The summed E-state index contributed by atoms with van der Waals surface area (Å²) >= 11 is 2.34. The smallest absolute Gasteiger partial charge is 0.129 e. The first-order valence-corrected chi connectivity index (χ1v) is 5.12. The molecule has 2 nitrogen and oxygen atoms in total. The molecule has 1 aromatic rings. The third-order valence-corrected chi connectivity index (χ3v) is 2.01. The van der Waals surface area contributed by atoms with Crippen molar-refractivity contribution in [3.8, 4) is 0 Å². The van der Waals surface area contributed by atoms with Gasteiger partial charge in [-0.2, -0.15) is 0 Å². The lowest BCUT2D eigenvalue weighted by Crippen LogP contribution is -1.94. The summed E-state index contributed by atoms with van der Waals surface area (Å²) in [5.41, 5.74) is 0. The van der Waals surface area contributed by atoms with Crippen LogP contribution in [0.15, 0.2) is 22.8 Å². The molecule has 0 fully saturated rings. The van der Waals surface area contributed by atoms with Crippen molar-refractivity contribution in [2.24, 2.45) is 0 Å². The molecular formula is C8H11IO2. The van der Waals surface area contributed by atoms with E-state index >= 15 is 0 Å². The summed E-state index contributed by atoms with van der Waals surface area (Å²) in [7, 11) is 0. The Labute approximate surface area is 80.1 Å². The van der Waals surface area contributed by atoms with Gasteiger partial charge in [0.1, 0.15) is 12.4 Å². The van der Waals surface area contributed by atoms with E-state index in [1.165, 1.54) is 0 Å². The molecule has 0 saturated heterocycles. The highest BCUT2D eigenvalue weighted by Gasteiger charge is 1.93. The first kappa shape index (κ1) is 9.06. The van der Waals surface area contributed by atoms with Crippen molar-refractivity contribution in [3.63, 3.8) is 0 Å². The standard InChI is InChI=1S/C8H11IO2/c9-4-2-5-10-7-8-3-1-6-11-8/h1,3,6H,2,4-5,7H2. The van der Waals surface area contributed by atoms with E-state index in [9.17, 15) is 0 Å². The van der Waals surface area contributed by atoms with Gasteiger partial charge in [-0.25, -0.2) is 0 Å². The fraction of sp³-hybridized carbons (Fsp3) is 0.500. The highest BCUT2D eigenvalue weighted by Crippen LogP contribution is 2.02. The Hall–Kier alpha value is -0.0300. The van der Waals surface area contributed by atoms with Crippen molar-refractivity contribution < 1.29 is 9.15 Å². The fourth-order valence-electron chi connectivity index (χ4n) is 0.724. The number of rotatable bonds is 5. The topological polar surface area (TPSA) is 22.4 Å². The Morgan fingerprint density at radius 1 is 1.55 bits per heavy atom. The lowest BCUT2D eigenvalue weighted by molar-refractivity contribution is 0.108. The molecule has 62 valence electrons. The Bertz CT molecular complexity index is 172. The molecule has 0 aliphatic carbocycles. The molecule has 0 bridgehead atoms. The number of hydrogen-bond donors (Lipinski definition) is 0. The number of alkyl halides is 1. The van der Waals surface area contributed by atoms with E-state index in [-0.39, 0.29) is 0 Å². The second kappa shape index (κ2) is 5.60. The van der Waals surface area contributed by atoms with Crippen molar-refractivity contribution >= 4 is 22.6 Å². The van der Waals surface area contributed by atoms with Crippen LogP contribution in [0.3, 0.4) is 0 Å². The van der Waals surface area contributed by atoms with Crippen LogP contribution in [-0.4, -0.2) is 11.0 Å². The Morgan fingerprint density at radius 2 is 2.45 bits per heavy atom. The summed E-state index contributed by atoms with van der Waals surface area (Å²) in [6, 6.07) is 3.79. The molecule has 1 aromatic heterocycles. The molecule has 0 aliphatic heterocycles. The monoisotopic (exact) mass is 266 g/mol. The summed E-state index contributed by atoms with van der Waals surface area (Å²) < 4.78 is 11.6. The normalized spacial score (nSPS) is 10.3. The average molecular weight is 266 g/mol. The van der Waals surface area contributed by atoms with Crippen LogP contribution in [0.5, 0.6) is 0 Å². The highest BCUT2D eigenvalue weighted by atomic mass is 127. The number of ether oxygens (including phenoxy) is 1. The zero-order valence-corrected chi connectivity index (χ0v) is 8.41. The summed E-state index contributed by atoms with van der Waals surface area (Å²) in [5.74, 6) is 0.901. The predicted octanol–water partition coefficient (Wildman–Crippen LogP) is 2.62. The van der Waals surface area contributed by atoms with Crippen molar-refractivity contribution in [3.05, 3.63) is 24.2 Å². The molecule has 0 aromatic carbocycles. The quantitative estimate of drug-likeness (QED) is 0.464. The average Bonchev–Trinajstić information content (AvgIpc) is 2.50. The van der Waals surface area contributed by atoms with Crippen LogP contribution in [0, 0.1) is 0 Å². The molecular weight excluding hydrogens is 255 g/mol. The molecule has 0 N–H and O–H groups in total. The minimum absolute atomic E-state index is 0.601. The van der Waals surface area contributed by atoms with Gasteiger partial charge in [0, 0.05) is 11.0 Å². The maximum atomic E-state index is 5.32. The van der Waals surface area contributed by atoms with E-state index in [1.807, 2.05) is 12.1 Å². The molecule has 1 rings (SSSR count). The van der Waals surface area contributed by atoms with Crippen molar-refractivity contribution in [1.29, 1.82) is 0 Å². The molecule has 1 heterocycles. The second-order valence-corrected chi connectivity index (χ2v) is 3.25. The van der Waals surface area contributed by atoms with Gasteiger partial charge in [0.25, 0.3) is 0 Å². The second-order valence-electron chi connectivity index (χ2n) is 2.17. The van der Waals surface area contributed by atoms with Crippen LogP contribution in [-0.2, 0) is 11.3 Å². The summed E-state index contributed by atoms with van der Waals surface area (Å²) in [6.07, 6.45) is 2.78. The predicted molar refractivity (Wildman–Crippen MR) is 51.9 cm³/mol. The lowest BCUT2D eigenvalue weighted by atomic mass is 10.5. The number of hydrogen-bond acceptors (Lipinski definition) is 2. The first-order chi connectivity index (χ1) is 5.43. The van der Waals surface area contributed by atoms with Gasteiger partial charge in [0.15, 0.2) is 0 Å². The lowest BCUT2D eigenvalue weighted by Gasteiger charge is -1.98. The summed E-state index contributed by atoms with van der Waals surface area (Å²) in [5, 5.41) is 0. The van der Waals surface area contributed by atoms with Crippen LogP contribution in [0.1, 0.15) is 12.2 Å². The molecule has 0 radical (unpaired) electrons. The zero-order chi connectivity index (χ0) is 7.94. The van der Waals surface area contributed by atoms with Crippen molar-refractivity contribution in [2.45, 2.75) is 13.0 Å². The maximum absolute atomic E-state index is 5.32. The van der Waals surface area contributed by atoms with Gasteiger partial charge < -0.3 is 9.15 Å². The van der Waals surface area contributed by atoms with Crippen LogP contribution in [0.4, 0.5) is 0 Å². The van der Waals surface area contributed by atoms with Gasteiger partial charge in [0.05, 0.1) is 6.26 Å². The maximum Gasteiger partial charge on any atom is 0.129 e. The van der Waals surface area contributed by atoms with Gasteiger partial charge in [-0.15, -0.1) is 0 Å². The Balaban J connectivity index is 2.04. The summed E-state index contributed by atoms with van der Waals surface area (Å²) in [6.45, 7) is 1.42. The van der Waals surface area contributed by atoms with E-state index in [0.717, 1.165) is 23.2 Å². The molecule has 0 spiro atoms. The van der Waals surface area contributed by atoms with E-state index in [2.05, 4.69) is 22.6 Å². The van der Waals surface area contributed by atoms with Gasteiger partial charge in [0.2, 0.25) is 0 Å². The molecule has 0 atom stereocenters. The van der Waals surface area contributed by atoms with E-state index in [4.69, 9.17) is 9.15 Å². The summed E-state index contributed by atoms with van der Waals surface area (Å²) in [4.78, 5) is 0. The third-order valence-electron chi connectivity index (χ3n) is 1.25. The minimum atomic E-state index is 0.601. The highest BCUT2D eigenvalue weighted by molar-refractivity contribution is 14.1. The van der Waals surface area contributed by atoms with Crippen LogP contribution < -0.4 is 0 Å². The molecule has 0 unspecified atom stereocenters. The third kappa shape index (κ3) is 3.76. The van der Waals surface area contributed by atoms with Gasteiger partial charge in [-0.05, 0) is 18.6 Å². The molecule has 3 heteroatoms. The van der Waals surface area contributed by atoms with E-state index < -0.39 is 0 Å². The largest absolute Gasteiger partial charge is 0.467 e. The fourth-order valence-corrected chi connectivity index (χ4v) is 1.04. The van der Waals surface area contributed by atoms with E-state index in [0.29, 0.717) is 6.61 Å². The molecule has 0 aliphatic rings. The zero-order valence-electron chi connectivity index (χ0n) is 6.25. The van der Waals surface area contributed by atoms with Crippen LogP contribution in [0.25, 0.3) is 0 Å². The van der Waals surface area contributed by atoms with Crippen LogP contribution in [0.2, 0.25) is 0 Å². The Kier molecular flexibility index (Phi) is 4.61. The van der Waals surface area contributed by atoms with Crippen molar-refractivity contribution in [1.82, 2.24) is 0 Å². The number of halogens is 1. The van der Waals surface area contributed by atoms with Crippen molar-refractivity contribution in [2.75, 3.05) is 11.0 Å². The SMILES string of the molecule is ICCCOCc1ccco1. The molecule has 11 heavy (non-hydrogen) atoms. The molecule has 0 amide bonds. The van der Waals surface area contributed by atoms with E-state index in [1.54, 1.807) is 6.26 Å². The molecule has 0 saturated carbocycles. The van der Waals surface area contributed by atoms with Crippen LogP contribution >= 0.6 is 22.6 Å². The Morgan fingerprint density at radius 3 is 3.09 bits per heavy atom. The van der Waals surface area contributed by atoms with Gasteiger partial charge in [-0.3, -0.25) is 0 Å². The number of furan rings is 1. The van der Waals surface area contributed by atoms with Gasteiger partial charge in [-0.1, -0.05) is 22.6 Å². The minimum Gasteiger partial charge on any atom is -0.467 e. The van der Waals surface area contributed by atoms with Gasteiger partial charge >= 0.3 is 0 Å².